The fraction of sp³-hybridized carbons (Fsp3) is 0.571. The van der Waals surface area contributed by atoms with Gasteiger partial charge in [0.1, 0.15) is 0 Å². The molecular formula is C14H21NO. The summed E-state index contributed by atoms with van der Waals surface area (Å²) in [6, 6.07) is 4.37. The van der Waals surface area contributed by atoms with Crippen LogP contribution in [0.1, 0.15) is 35.1 Å². The van der Waals surface area contributed by atoms with Gasteiger partial charge in [-0.05, 0) is 63.4 Å². The summed E-state index contributed by atoms with van der Waals surface area (Å²) in [5.74, 6) is 0. The molecule has 2 heteroatoms. The molecule has 0 heterocycles. The van der Waals surface area contributed by atoms with Gasteiger partial charge in [0.2, 0.25) is 0 Å². The van der Waals surface area contributed by atoms with Crippen molar-refractivity contribution in [2.24, 2.45) is 0 Å². The third kappa shape index (κ3) is 1.87. The Morgan fingerprint density at radius 2 is 2.12 bits per heavy atom. The molecule has 1 aliphatic rings. The fourth-order valence-electron chi connectivity index (χ4n) is 2.80. The van der Waals surface area contributed by atoms with Crippen molar-refractivity contribution in [2.75, 3.05) is 13.6 Å². The van der Waals surface area contributed by atoms with Gasteiger partial charge in [0.25, 0.3) is 0 Å². The van der Waals surface area contributed by atoms with E-state index >= 15 is 0 Å². The SMILES string of the molecule is CNCCC1(O)CCc2c(C)cc(C)cc21. The Bertz CT molecular complexity index is 400. The normalized spacial score (nSPS) is 23.5. The predicted molar refractivity (Wildman–Crippen MR) is 66.7 cm³/mol. The zero-order valence-electron chi connectivity index (χ0n) is 10.4. The van der Waals surface area contributed by atoms with Crippen LogP contribution in [0.3, 0.4) is 0 Å². The van der Waals surface area contributed by atoms with Crippen LogP contribution in [0.4, 0.5) is 0 Å². The second-order valence-corrected chi connectivity index (χ2v) is 4.99. The molecule has 0 spiro atoms. The van der Waals surface area contributed by atoms with Crippen LogP contribution in [0.25, 0.3) is 0 Å². The van der Waals surface area contributed by atoms with Crippen molar-refractivity contribution in [3.63, 3.8) is 0 Å². The largest absolute Gasteiger partial charge is 0.385 e. The quantitative estimate of drug-likeness (QED) is 0.815. The third-order valence-electron chi connectivity index (χ3n) is 3.70. The minimum absolute atomic E-state index is 0.602. The van der Waals surface area contributed by atoms with E-state index in [9.17, 15) is 5.11 Å². The lowest BCUT2D eigenvalue weighted by molar-refractivity contribution is 0.0302. The molecule has 1 unspecified atom stereocenters. The lowest BCUT2D eigenvalue weighted by Crippen LogP contribution is -2.27. The predicted octanol–water partition coefficient (Wildman–Crippen LogP) is 2.05. The summed E-state index contributed by atoms with van der Waals surface area (Å²) in [5.41, 5.74) is 4.51. The smallest absolute Gasteiger partial charge is 0.0914 e. The maximum Gasteiger partial charge on any atom is 0.0914 e. The third-order valence-corrected chi connectivity index (χ3v) is 3.70. The van der Waals surface area contributed by atoms with Gasteiger partial charge in [0.15, 0.2) is 0 Å². The van der Waals surface area contributed by atoms with E-state index in [0.717, 1.165) is 25.8 Å². The van der Waals surface area contributed by atoms with Gasteiger partial charge in [-0.1, -0.05) is 17.7 Å². The number of hydrogen-bond donors (Lipinski definition) is 2. The summed E-state index contributed by atoms with van der Waals surface area (Å²) < 4.78 is 0. The van der Waals surface area contributed by atoms with Crippen LogP contribution in [0.5, 0.6) is 0 Å². The first-order chi connectivity index (χ1) is 7.57. The first-order valence-electron chi connectivity index (χ1n) is 6.04. The van der Waals surface area contributed by atoms with Crippen molar-refractivity contribution < 1.29 is 5.11 Å². The summed E-state index contributed by atoms with van der Waals surface area (Å²) in [5, 5.41) is 13.8. The number of aliphatic hydroxyl groups is 1. The molecule has 2 N–H and O–H groups in total. The van der Waals surface area contributed by atoms with E-state index in [0.29, 0.717) is 0 Å². The Morgan fingerprint density at radius 1 is 1.38 bits per heavy atom. The molecule has 0 radical (unpaired) electrons. The molecule has 1 aromatic rings. The van der Waals surface area contributed by atoms with Gasteiger partial charge in [0, 0.05) is 0 Å². The number of aryl methyl sites for hydroxylation is 2. The maximum absolute atomic E-state index is 10.7. The van der Waals surface area contributed by atoms with E-state index in [1.807, 2.05) is 7.05 Å². The average molecular weight is 219 g/mol. The molecule has 0 aliphatic heterocycles. The second-order valence-electron chi connectivity index (χ2n) is 4.99. The van der Waals surface area contributed by atoms with Crippen molar-refractivity contribution in [2.45, 2.75) is 38.7 Å². The number of benzene rings is 1. The van der Waals surface area contributed by atoms with E-state index < -0.39 is 5.60 Å². The van der Waals surface area contributed by atoms with E-state index in [2.05, 4.69) is 31.3 Å². The van der Waals surface area contributed by atoms with Crippen LogP contribution in [-0.4, -0.2) is 18.7 Å². The maximum atomic E-state index is 10.7. The summed E-state index contributed by atoms with van der Waals surface area (Å²) in [6.07, 6.45) is 2.69. The summed E-state index contributed by atoms with van der Waals surface area (Å²) in [4.78, 5) is 0. The van der Waals surface area contributed by atoms with E-state index in [-0.39, 0.29) is 0 Å². The first kappa shape index (κ1) is 11.6. The molecule has 2 rings (SSSR count). The highest BCUT2D eigenvalue weighted by Crippen LogP contribution is 2.41. The standard InChI is InChI=1S/C14H21NO/c1-10-8-11(2)12-4-5-14(16,6-7-15-3)13(12)9-10/h8-9,15-16H,4-7H2,1-3H3. The first-order valence-corrected chi connectivity index (χ1v) is 6.04. The summed E-state index contributed by atoms with van der Waals surface area (Å²) in [6.45, 7) is 5.11. The minimum Gasteiger partial charge on any atom is -0.385 e. The van der Waals surface area contributed by atoms with Gasteiger partial charge in [0.05, 0.1) is 5.60 Å². The number of rotatable bonds is 3. The van der Waals surface area contributed by atoms with Gasteiger partial charge in [-0.25, -0.2) is 0 Å². The summed E-state index contributed by atoms with van der Waals surface area (Å²) >= 11 is 0. The van der Waals surface area contributed by atoms with Crippen LogP contribution in [0, 0.1) is 13.8 Å². The molecular weight excluding hydrogens is 198 g/mol. The van der Waals surface area contributed by atoms with E-state index in [1.165, 1.54) is 22.3 Å². The monoisotopic (exact) mass is 219 g/mol. The number of nitrogens with one attached hydrogen (secondary N) is 1. The molecule has 16 heavy (non-hydrogen) atoms. The highest BCUT2D eigenvalue weighted by molar-refractivity contribution is 5.45. The average Bonchev–Trinajstić information content (AvgIpc) is 2.55. The number of hydrogen-bond acceptors (Lipinski definition) is 2. The van der Waals surface area contributed by atoms with Crippen LogP contribution < -0.4 is 5.32 Å². The Kier molecular flexibility index (Phi) is 3.04. The molecule has 1 aliphatic carbocycles. The molecule has 0 saturated heterocycles. The molecule has 1 atom stereocenters. The Hall–Kier alpha value is -0.860. The van der Waals surface area contributed by atoms with Crippen molar-refractivity contribution in [1.29, 1.82) is 0 Å². The van der Waals surface area contributed by atoms with Crippen LogP contribution in [0.2, 0.25) is 0 Å². The van der Waals surface area contributed by atoms with Gasteiger partial charge >= 0.3 is 0 Å². The second kappa shape index (κ2) is 4.19. The van der Waals surface area contributed by atoms with E-state index in [1.54, 1.807) is 0 Å². The molecule has 0 bridgehead atoms. The van der Waals surface area contributed by atoms with Gasteiger partial charge < -0.3 is 10.4 Å². The van der Waals surface area contributed by atoms with Gasteiger partial charge in [-0.15, -0.1) is 0 Å². The molecule has 0 amide bonds. The number of fused-ring (bicyclic) bond motifs is 1. The zero-order chi connectivity index (χ0) is 11.8. The Labute approximate surface area is 97.7 Å². The fourth-order valence-corrected chi connectivity index (χ4v) is 2.80. The van der Waals surface area contributed by atoms with Crippen molar-refractivity contribution in [1.82, 2.24) is 5.32 Å². The molecule has 0 aromatic heterocycles. The van der Waals surface area contributed by atoms with Gasteiger partial charge in [-0.3, -0.25) is 0 Å². The van der Waals surface area contributed by atoms with Crippen LogP contribution >= 0.6 is 0 Å². The molecule has 88 valence electrons. The summed E-state index contributed by atoms with van der Waals surface area (Å²) in [7, 11) is 1.93. The molecule has 1 aromatic carbocycles. The van der Waals surface area contributed by atoms with Crippen molar-refractivity contribution in [3.05, 3.63) is 34.4 Å². The zero-order valence-corrected chi connectivity index (χ0v) is 10.4. The Balaban J connectivity index is 2.38. The minimum atomic E-state index is -0.602. The highest BCUT2D eigenvalue weighted by Gasteiger charge is 2.36. The topological polar surface area (TPSA) is 32.3 Å². The van der Waals surface area contributed by atoms with Crippen LogP contribution in [-0.2, 0) is 12.0 Å². The van der Waals surface area contributed by atoms with Crippen molar-refractivity contribution in [3.8, 4) is 0 Å². The highest BCUT2D eigenvalue weighted by atomic mass is 16.3. The molecule has 0 fully saturated rings. The van der Waals surface area contributed by atoms with Crippen LogP contribution in [0.15, 0.2) is 12.1 Å². The molecule has 0 saturated carbocycles. The van der Waals surface area contributed by atoms with E-state index in [4.69, 9.17) is 0 Å². The molecule has 2 nitrogen and oxygen atoms in total. The lowest BCUT2D eigenvalue weighted by Gasteiger charge is -2.24. The Morgan fingerprint density at radius 3 is 2.81 bits per heavy atom. The lowest BCUT2D eigenvalue weighted by atomic mass is 9.90. The van der Waals surface area contributed by atoms with Crippen molar-refractivity contribution >= 4 is 0 Å². The van der Waals surface area contributed by atoms with Gasteiger partial charge in [-0.2, -0.15) is 0 Å².